The number of hydrogen-bond donors (Lipinski definition) is 1. The first-order valence-corrected chi connectivity index (χ1v) is 7.73. The van der Waals surface area contributed by atoms with Crippen LogP contribution in [0.1, 0.15) is 0 Å². The van der Waals surface area contributed by atoms with E-state index in [4.69, 9.17) is 23.8 Å². The zero-order valence-electron chi connectivity index (χ0n) is 10.4. The van der Waals surface area contributed by atoms with Gasteiger partial charge < -0.3 is 4.98 Å². The summed E-state index contributed by atoms with van der Waals surface area (Å²) in [5, 5.41) is 0.0733. The van der Waals surface area contributed by atoms with E-state index in [0.29, 0.717) is 10.3 Å². The van der Waals surface area contributed by atoms with Crippen molar-refractivity contribution in [2.75, 3.05) is 0 Å². The number of H-pyrrole nitrogens is 1. The molecule has 0 bridgehead atoms. The molecule has 0 radical (unpaired) electrons. The predicted octanol–water partition coefficient (Wildman–Crippen LogP) is 5.09. The highest BCUT2D eigenvalue weighted by molar-refractivity contribution is 7.71. The van der Waals surface area contributed by atoms with E-state index in [1.165, 1.54) is 6.07 Å². The van der Waals surface area contributed by atoms with Gasteiger partial charge in [0.2, 0.25) is 0 Å². The van der Waals surface area contributed by atoms with Crippen molar-refractivity contribution in [1.82, 2.24) is 14.5 Å². The molecule has 4 rings (SSSR count). The number of thiazole rings is 1. The van der Waals surface area contributed by atoms with Crippen molar-refractivity contribution in [3.63, 3.8) is 0 Å². The van der Waals surface area contributed by atoms with E-state index in [-0.39, 0.29) is 5.02 Å². The maximum absolute atomic E-state index is 13.6. The summed E-state index contributed by atoms with van der Waals surface area (Å²) in [7, 11) is 0. The smallest absolute Gasteiger partial charge is 0.182 e. The van der Waals surface area contributed by atoms with Crippen LogP contribution in [0.4, 0.5) is 4.39 Å². The fourth-order valence-corrected chi connectivity index (χ4v) is 3.52. The number of nitrogens with one attached hydrogen (secondary N) is 1. The number of aromatic amines is 1. The van der Waals surface area contributed by atoms with Crippen LogP contribution < -0.4 is 0 Å². The summed E-state index contributed by atoms with van der Waals surface area (Å²) < 4.78 is 17.0. The molecule has 7 heteroatoms. The van der Waals surface area contributed by atoms with Crippen LogP contribution in [0.5, 0.6) is 0 Å². The predicted molar refractivity (Wildman–Crippen MR) is 86.6 cm³/mol. The first kappa shape index (κ1) is 12.9. The van der Waals surface area contributed by atoms with Gasteiger partial charge in [-0.25, -0.2) is 9.37 Å². The minimum Gasteiger partial charge on any atom is -0.330 e. The average Bonchev–Trinajstić information content (AvgIpc) is 3.02. The molecule has 0 aliphatic carbocycles. The van der Waals surface area contributed by atoms with E-state index < -0.39 is 5.82 Å². The number of benzene rings is 2. The number of fused-ring (bicyclic) bond motifs is 2. The Kier molecular flexibility index (Phi) is 2.85. The van der Waals surface area contributed by atoms with Gasteiger partial charge in [0.1, 0.15) is 5.82 Å². The summed E-state index contributed by atoms with van der Waals surface area (Å²) in [6.07, 6.45) is 0. The van der Waals surface area contributed by atoms with Crippen LogP contribution in [0, 0.1) is 10.6 Å². The van der Waals surface area contributed by atoms with E-state index in [9.17, 15) is 4.39 Å². The summed E-state index contributed by atoms with van der Waals surface area (Å²) in [6.45, 7) is 0. The van der Waals surface area contributed by atoms with Crippen LogP contribution in [-0.4, -0.2) is 14.5 Å². The molecule has 0 aliphatic rings. The number of imidazole rings is 1. The lowest BCUT2D eigenvalue weighted by atomic mass is 10.2. The van der Waals surface area contributed by atoms with Crippen molar-refractivity contribution in [3.8, 4) is 5.69 Å². The summed E-state index contributed by atoms with van der Waals surface area (Å²) in [5.41, 5.74) is 5.00. The van der Waals surface area contributed by atoms with E-state index in [0.717, 1.165) is 21.4 Å². The largest absolute Gasteiger partial charge is 0.330 e. The molecular formula is C14H7ClFN3S2. The number of hydrogen-bond acceptors (Lipinski definition) is 3. The van der Waals surface area contributed by atoms with Crippen molar-refractivity contribution < 1.29 is 4.39 Å². The summed E-state index contributed by atoms with van der Waals surface area (Å²) in [5.74, 6) is -0.467. The molecule has 0 aliphatic heterocycles. The van der Waals surface area contributed by atoms with Gasteiger partial charge in [0.05, 0.1) is 31.8 Å². The lowest BCUT2D eigenvalue weighted by molar-refractivity contribution is 0.630. The molecule has 2 aromatic carbocycles. The molecule has 0 amide bonds. The Morgan fingerprint density at radius 3 is 3.00 bits per heavy atom. The molecule has 0 saturated carbocycles. The number of aromatic nitrogens is 3. The summed E-state index contributed by atoms with van der Waals surface area (Å²) in [6, 6.07) is 8.81. The Balaban J connectivity index is 2.06. The van der Waals surface area contributed by atoms with Gasteiger partial charge in [0, 0.05) is 11.8 Å². The SMILES string of the molecule is Fc1cc2[nH]c(=S)n(-c3ccc4ncsc4c3)c2cc1Cl. The van der Waals surface area contributed by atoms with Gasteiger partial charge >= 0.3 is 0 Å². The third-order valence-electron chi connectivity index (χ3n) is 3.30. The molecule has 0 atom stereocenters. The molecule has 104 valence electrons. The second-order valence-electron chi connectivity index (χ2n) is 4.55. The van der Waals surface area contributed by atoms with Crippen molar-refractivity contribution in [2.45, 2.75) is 0 Å². The quantitative estimate of drug-likeness (QED) is 0.491. The highest BCUT2D eigenvalue weighted by Gasteiger charge is 2.11. The van der Waals surface area contributed by atoms with Gasteiger partial charge in [-0.1, -0.05) is 11.6 Å². The highest BCUT2D eigenvalue weighted by atomic mass is 35.5. The van der Waals surface area contributed by atoms with Gasteiger partial charge in [0.25, 0.3) is 0 Å². The van der Waals surface area contributed by atoms with E-state index >= 15 is 0 Å². The van der Waals surface area contributed by atoms with Crippen molar-refractivity contribution >= 4 is 56.4 Å². The Morgan fingerprint density at radius 1 is 1.29 bits per heavy atom. The molecule has 2 heterocycles. The molecule has 21 heavy (non-hydrogen) atoms. The molecule has 0 spiro atoms. The Hall–Kier alpha value is -1.76. The summed E-state index contributed by atoms with van der Waals surface area (Å²) >= 11 is 12.8. The second-order valence-corrected chi connectivity index (χ2v) is 6.23. The number of rotatable bonds is 1. The maximum Gasteiger partial charge on any atom is 0.182 e. The second kappa shape index (κ2) is 4.62. The lowest BCUT2D eigenvalue weighted by Gasteiger charge is -2.05. The Morgan fingerprint density at radius 2 is 2.14 bits per heavy atom. The van der Waals surface area contributed by atoms with E-state index in [1.807, 2.05) is 22.8 Å². The molecule has 4 aromatic rings. The minimum absolute atomic E-state index is 0.0733. The third kappa shape index (κ3) is 1.98. The molecule has 0 fully saturated rings. The Labute approximate surface area is 132 Å². The number of halogens is 2. The zero-order valence-corrected chi connectivity index (χ0v) is 12.8. The minimum atomic E-state index is -0.467. The summed E-state index contributed by atoms with van der Waals surface area (Å²) in [4.78, 5) is 7.26. The Bertz CT molecular complexity index is 1050. The van der Waals surface area contributed by atoms with Crippen LogP contribution in [0.15, 0.2) is 35.8 Å². The monoisotopic (exact) mass is 335 g/mol. The standard InChI is InChI=1S/C14H7ClFN3S2/c15-8-4-12-11(5-9(8)16)18-14(20)19(12)7-1-2-10-13(3-7)21-6-17-10/h1-6H,(H,18,20). The fourth-order valence-electron chi connectivity index (χ4n) is 2.34. The molecule has 1 N–H and O–H groups in total. The molecule has 0 unspecified atom stereocenters. The molecular weight excluding hydrogens is 329 g/mol. The van der Waals surface area contributed by atoms with Crippen LogP contribution in [-0.2, 0) is 0 Å². The normalized spacial score (nSPS) is 11.5. The van der Waals surface area contributed by atoms with Crippen molar-refractivity contribution in [3.05, 3.63) is 51.5 Å². The lowest BCUT2D eigenvalue weighted by Crippen LogP contribution is -1.93. The van der Waals surface area contributed by atoms with Gasteiger partial charge in [0.15, 0.2) is 4.77 Å². The average molecular weight is 336 g/mol. The van der Waals surface area contributed by atoms with Gasteiger partial charge in [-0.2, -0.15) is 0 Å². The first-order valence-electron chi connectivity index (χ1n) is 6.07. The van der Waals surface area contributed by atoms with Gasteiger partial charge in [-0.15, -0.1) is 11.3 Å². The van der Waals surface area contributed by atoms with Crippen LogP contribution in [0.2, 0.25) is 5.02 Å². The van der Waals surface area contributed by atoms with Crippen LogP contribution >= 0.6 is 35.2 Å². The topological polar surface area (TPSA) is 33.6 Å². The van der Waals surface area contributed by atoms with Gasteiger partial charge in [-0.05, 0) is 36.5 Å². The molecule has 2 aromatic heterocycles. The van der Waals surface area contributed by atoms with E-state index in [2.05, 4.69) is 9.97 Å². The molecule has 3 nitrogen and oxygen atoms in total. The highest BCUT2D eigenvalue weighted by Crippen LogP contribution is 2.27. The fraction of sp³-hybridized carbons (Fsp3) is 0. The third-order valence-corrected chi connectivity index (χ3v) is 4.66. The van der Waals surface area contributed by atoms with E-state index in [1.54, 1.807) is 22.9 Å². The number of nitrogens with zero attached hydrogens (tertiary/aromatic N) is 2. The first-order chi connectivity index (χ1) is 10.1. The van der Waals surface area contributed by atoms with Crippen molar-refractivity contribution in [1.29, 1.82) is 0 Å². The zero-order chi connectivity index (χ0) is 14.6. The van der Waals surface area contributed by atoms with Crippen molar-refractivity contribution in [2.24, 2.45) is 0 Å². The molecule has 0 saturated heterocycles. The van der Waals surface area contributed by atoms with Crippen LogP contribution in [0.25, 0.3) is 26.9 Å². The van der Waals surface area contributed by atoms with Crippen LogP contribution in [0.3, 0.4) is 0 Å². The van der Waals surface area contributed by atoms with Gasteiger partial charge in [-0.3, -0.25) is 4.57 Å². The maximum atomic E-state index is 13.6.